The van der Waals surface area contributed by atoms with Crippen molar-refractivity contribution in [2.45, 2.75) is 12.8 Å². The topological polar surface area (TPSA) is 78.3 Å². The average Bonchev–Trinajstić information content (AvgIpc) is 2.74. The number of nitrogens with two attached hydrogens (primary N) is 2. The van der Waals surface area contributed by atoms with Crippen molar-refractivity contribution in [3.8, 4) is 16.2 Å². The van der Waals surface area contributed by atoms with Crippen molar-refractivity contribution in [2.75, 3.05) is 12.8 Å². The maximum Gasteiger partial charge on any atom is 0.251 e. The highest BCUT2D eigenvalue weighted by Gasteiger charge is 2.26. The number of ether oxygens (including phenoxy) is 1. The fourth-order valence-electron chi connectivity index (χ4n) is 2.58. The molecular weight excluding hydrogens is 260 g/mol. The van der Waals surface area contributed by atoms with Gasteiger partial charge in [0.15, 0.2) is 0 Å². The summed E-state index contributed by atoms with van der Waals surface area (Å²) < 4.78 is 5.26. The quantitative estimate of drug-likeness (QED) is 0.881. The van der Waals surface area contributed by atoms with Gasteiger partial charge in [0.05, 0.1) is 17.7 Å². The second kappa shape index (κ2) is 4.28. The van der Waals surface area contributed by atoms with Crippen molar-refractivity contribution < 1.29 is 9.53 Å². The number of benzene rings is 1. The van der Waals surface area contributed by atoms with Gasteiger partial charge in [0, 0.05) is 4.88 Å². The number of thiophene rings is 1. The minimum Gasteiger partial charge on any atom is -0.497 e. The molecule has 5 heteroatoms. The van der Waals surface area contributed by atoms with Gasteiger partial charge in [-0.25, -0.2) is 0 Å². The fraction of sp³-hybridized carbons (Fsp3) is 0.214. The Morgan fingerprint density at radius 1 is 1.37 bits per heavy atom. The largest absolute Gasteiger partial charge is 0.497 e. The van der Waals surface area contributed by atoms with Gasteiger partial charge in [0.1, 0.15) is 5.75 Å². The lowest BCUT2D eigenvalue weighted by atomic mass is 9.89. The van der Waals surface area contributed by atoms with E-state index in [1.165, 1.54) is 16.9 Å². The number of carbonyl (C=O) groups is 1. The average molecular weight is 274 g/mol. The molecule has 0 fully saturated rings. The molecule has 0 aliphatic heterocycles. The van der Waals surface area contributed by atoms with Crippen LogP contribution in [0.3, 0.4) is 0 Å². The van der Waals surface area contributed by atoms with Gasteiger partial charge in [0.25, 0.3) is 5.91 Å². The summed E-state index contributed by atoms with van der Waals surface area (Å²) >= 11 is 1.43. The molecule has 19 heavy (non-hydrogen) atoms. The minimum absolute atomic E-state index is 0.443. The number of fused-ring (bicyclic) bond motifs is 3. The van der Waals surface area contributed by atoms with E-state index in [0.717, 1.165) is 34.6 Å². The lowest BCUT2D eigenvalue weighted by Gasteiger charge is -2.17. The van der Waals surface area contributed by atoms with E-state index in [4.69, 9.17) is 16.2 Å². The molecule has 0 spiro atoms. The van der Waals surface area contributed by atoms with Crippen molar-refractivity contribution >= 4 is 22.2 Å². The molecule has 3 rings (SSSR count). The van der Waals surface area contributed by atoms with Crippen molar-refractivity contribution in [3.63, 3.8) is 0 Å². The number of aryl methyl sites for hydroxylation is 1. The second-order valence-corrected chi connectivity index (χ2v) is 5.59. The van der Waals surface area contributed by atoms with E-state index in [-0.39, 0.29) is 0 Å². The molecule has 1 aromatic heterocycles. The Kier molecular flexibility index (Phi) is 2.71. The summed E-state index contributed by atoms with van der Waals surface area (Å²) in [6.07, 6.45) is 1.70. The van der Waals surface area contributed by atoms with Gasteiger partial charge in [0.2, 0.25) is 0 Å². The summed E-state index contributed by atoms with van der Waals surface area (Å²) in [6, 6.07) is 6.01. The summed E-state index contributed by atoms with van der Waals surface area (Å²) in [5.74, 6) is 0.362. The Hall–Kier alpha value is -2.01. The van der Waals surface area contributed by atoms with Gasteiger partial charge >= 0.3 is 0 Å². The smallest absolute Gasteiger partial charge is 0.251 e. The lowest BCUT2D eigenvalue weighted by molar-refractivity contribution is 0.100. The van der Waals surface area contributed by atoms with Gasteiger partial charge < -0.3 is 16.2 Å². The number of anilines is 1. The maximum atomic E-state index is 11.5. The van der Waals surface area contributed by atoms with E-state index in [1.807, 2.05) is 12.1 Å². The highest BCUT2D eigenvalue weighted by atomic mass is 32.1. The third-order valence-electron chi connectivity index (χ3n) is 3.49. The molecule has 0 atom stereocenters. The van der Waals surface area contributed by atoms with Crippen LogP contribution in [0.2, 0.25) is 0 Å². The number of primary amides is 1. The van der Waals surface area contributed by atoms with Crippen LogP contribution in [0, 0.1) is 0 Å². The standard InChI is InChI=1S/C14H14N2O2S/c1-18-8-4-2-7-3-5-9-11(13(15)17)14(16)19-12(9)10(7)6-8/h2,4,6H,3,5,16H2,1H3,(H2,15,17). The van der Waals surface area contributed by atoms with E-state index in [2.05, 4.69) is 6.07 Å². The zero-order valence-corrected chi connectivity index (χ0v) is 11.3. The fourth-order valence-corrected chi connectivity index (χ4v) is 3.76. The van der Waals surface area contributed by atoms with Gasteiger partial charge in [-0.1, -0.05) is 6.07 Å². The second-order valence-electron chi connectivity index (χ2n) is 4.54. The van der Waals surface area contributed by atoms with Gasteiger partial charge in [-0.15, -0.1) is 11.3 Å². The van der Waals surface area contributed by atoms with Crippen LogP contribution >= 0.6 is 11.3 Å². The molecule has 1 aromatic carbocycles. The van der Waals surface area contributed by atoms with Crippen LogP contribution in [0.5, 0.6) is 5.75 Å². The molecule has 1 amide bonds. The van der Waals surface area contributed by atoms with Crippen molar-refractivity contribution in [2.24, 2.45) is 5.73 Å². The molecule has 4 N–H and O–H groups in total. The van der Waals surface area contributed by atoms with Gasteiger partial charge in [-0.3, -0.25) is 4.79 Å². The molecule has 0 saturated carbocycles. The molecule has 0 saturated heterocycles. The van der Waals surface area contributed by atoms with Gasteiger partial charge in [-0.05, 0) is 41.7 Å². The molecule has 0 unspecified atom stereocenters. The molecule has 4 nitrogen and oxygen atoms in total. The van der Waals surface area contributed by atoms with E-state index < -0.39 is 5.91 Å². The minimum atomic E-state index is -0.443. The first-order valence-corrected chi connectivity index (χ1v) is 6.81. The van der Waals surface area contributed by atoms with Crippen LogP contribution in [0.4, 0.5) is 5.00 Å². The lowest BCUT2D eigenvalue weighted by Crippen LogP contribution is -2.15. The van der Waals surface area contributed by atoms with E-state index >= 15 is 0 Å². The first-order valence-electron chi connectivity index (χ1n) is 6.00. The number of nitrogen functional groups attached to an aromatic ring is 1. The Labute approximate surface area is 115 Å². The van der Waals surface area contributed by atoms with Crippen LogP contribution in [-0.4, -0.2) is 13.0 Å². The van der Waals surface area contributed by atoms with Crippen LogP contribution in [0.1, 0.15) is 21.5 Å². The van der Waals surface area contributed by atoms with Crippen molar-refractivity contribution in [3.05, 3.63) is 34.9 Å². The van der Waals surface area contributed by atoms with E-state index in [0.29, 0.717) is 10.6 Å². The third kappa shape index (κ3) is 1.77. The number of methoxy groups -OCH3 is 1. The highest BCUT2D eigenvalue weighted by molar-refractivity contribution is 7.20. The van der Waals surface area contributed by atoms with E-state index in [9.17, 15) is 4.79 Å². The number of carbonyl (C=O) groups excluding carboxylic acids is 1. The van der Waals surface area contributed by atoms with Crippen LogP contribution in [0.15, 0.2) is 18.2 Å². The SMILES string of the molecule is COc1ccc2c(c1)-c1sc(N)c(C(N)=O)c1CC2. The molecule has 2 aromatic rings. The first-order chi connectivity index (χ1) is 9.11. The molecule has 1 heterocycles. The van der Waals surface area contributed by atoms with Crippen LogP contribution in [0.25, 0.3) is 10.4 Å². The summed E-state index contributed by atoms with van der Waals surface area (Å²) in [5, 5.41) is 0.508. The number of hydrogen-bond acceptors (Lipinski definition) is 4. The Morgan fingerprint density at radius 3 is 2.84 bits per heavy atom. The highest BCUT2D eigenvalue weighted by Crippen LogP contribution is 2.44. The van der Waals surface area contributed by atoms with Crippen LogP contribution < -0.4 is 16.2 Å². The molecule has 98 valence electrons. The summed E-state index contributed by atoms with van der Waals surface area (Å²) in [5.41, 5.74) is 15.2. The molecule has 1 aliphatic rings. The molecule has 0 radical (unpaired) electrons. The predicted octanol–water partition coefficient (Wildman–Crippen LogP) is 2.20. The predicted molar refractivity (Wildman–Crippen MR) is 76.6 cm³/mol. The Balaban J connectivity index is 2.24. The summed E-state index contributed by atoms with van der Waals surface area (Å²) in [4.78, 5) is 12.6. The van der Waals surface area contributed by atoms with Gasteiger partial charge in [-0.2, -0.15) is 0 Å². The zero-order chi connectivity index (χ0) is 13.6. The molecular formula is C14H14N2O2S. The Morgan fingerprint density at radius 2 is 2.16 bits per heavy atom. The third-order valence-corrected chi connectivity index (χ3v) is 4.58. The zero-order valence-electron chi connectivity index (χ0n) is 10.5. The van der Waals surface area contributed by atoms with Crippen molar-refractivity contribution in [1.29, 1.82) is 0 Å². The number of rotatable bonds is 2. The number of hydrogen-bond donors (Lipinski definition) is 2. The molecule has 0 bridgehead atoms. The Bertz CT molecular complexity index is 676. The summed E-state index contributed by atoms with van der Waals surface area (Å²) in [6.45, 7) is 0. The van der Waals surface area contributed by atoms with E-state index in [1.54, 1.807) is 7.11 Å². The first kappa shape index (κ1) is 12.0. The monoisotopic (exact) mass is 274 g/mol. The van der Waals surface area contributed by atoms with Crippen molar-refractivity contribution in [1.82, 2.24) is 0 Å². The molecule has 1 aliphatic carbocycles. The summed E-state index contributed by atoms with van der Waals surface area (Å²) in [7, 11) is 1.64. The van der Waals surface area contributed by atoms with Crippen LogP contribution in [-0.2, 0) is 12.8 Å². The maximum absolute atomic E-state index is 11.5. The number of amides is 1. The normalized spacial score (nSPS) is 12.7.